The van der Waals surface area contributed by atoms with Gasteiger partial charge in [0.05, 0.1) is 11.7 Å². The van der Waals surface area contributed by atoms with Crippen LogP contribution in [-0.2, 0) is 4.74 Å². The first-order chi connectivity index (χ1) is 5.77. The van der Waals surface area contributed by atoms with E-state index in [-0.39, 0.29) is 5.60 Å². The first-order valence-electron chi connectivity index (χ1n) is 4.41. The Balaban J connectivity index is 4.57. The van der Waals surface area contributed by atoms with Crippen LogP contribution in [0.25, 0.3) is 0 Å². The molecule has 0 bridgehead atoms. The van der Waals surface area contributed by atoms with Crippen LogP contribution in [0.15, 0.2) is 0 Å². The monoisotopic (exact) mass is 184 g/mol. The van der Waals surface area contributed by atoms with Crippen LogP contribution in [0.5, 0.6) is 0 Å². The average molecular weight is 184 g/mol. The molecular formula is C10H20N2O. The van der Waals surface area contributed by atoms with E-state index in [0.717, 1.165) is 0 Å². The van der Waals surface area contributed by atoms with Crippen molar-refractivity contribution < 1.29 is 4.74 Å². The lowest BCUT2D eigenvalue weighted by Crippen LogP contribution is -2.46. The maximum atomic E-state index is 9.07. The standard InChI is InChI=1S/C10H20N2O/c1-9(2,13-6)7-10(3,8-11)12(4)5/h7H2,1-6H3. The molecule has 0 fully saturated rings. The second-order valence-electron chi connectivity index (χ2n) is 4.42. The molecule has 3 nitrogen and oxygen atoms in total. The molecule has 0 N–H and O–H groups in total. The molecule has 0 aliphatic carbocycles. The molecule has 13 heavy (non-hydrogen) atoms. The molecular weight excluding hydrogens is 164 g/mol. The Hall–Kier alpha value is -0.590. The molecule has 0 saturated carbocycles. The third-order valence-corrected chi connectivity index (χ3v) is 2.55. The fourth-order valence-electron chi connectivity index (χ4n) is 1.20. The van der Waals surface area contributed by atoms with Gasteiger partial charge in [-0.2, -0.15) is 5.26 Å². The molecule has 76 valence electrons. The topological polar surface area (TPSA) is 36.3 Å². The zero-order chi connectivity index (χ0) is 10.7. The number of methoxy groups -OCH3 is 1. The van der Waals surface area contributed by atoms with E-state index in [9.17, 15) is 0 Å². The highest BCUT2D eigenvalue weighted by atomic mass is 16.5. The SMILES string of the molecule is COC(C)(C)CC(C)(C#N)N(C)C. The van der Waals surface area contributed by atoms with Crippen molar-refractivity contribution in [3.8, 4) is 6.07 Å². The van der Waals surface area contributed by atoms with Crippen LogP contribution >= 0.6 is 0 Å². The van der Waals surface area contributed by atoms with Crippen LogP contribution in [0.2, 0.25) is 0 Å². The number of rotatable bonds is 4. The zero-order valence-electron chi connectivity index (χ0n) is 9.51. The van der Waals surface area contributed by atoms with Crippen molar-refractivity contribution in [3.63, 3.8) is 0 Å². The minimum absolute atomic E-state index is 0.255. The van der Waals surface area contributed by atoms with Crippen molar-refractivity contribution in [2.75, 3.05) is 21.2 Å². The highest BCUT2D eigenvalue weighted by Crippen LogP contribution is 2.25. The van der Waals surface area contributed by atoms with Crippen LogP contribution in [0.1, 0.15) is 27.2 Å². The quantitative estimate of drug-likeness (QED) is 0.666. The molecule has 0 spiro atoms. The molecule has 0 heterocycles. The van der Waals surface area contributed by atoms with Crippen LogP contribution in [0, 0.1) is 11.3 Å². The Morgan fingerprint density at radius 2 is 1.77 bits per heavy atom. The summed E-state index contributed by atoms with van der Waals surface area (Å²) in [5, 5.41) is 9.07. The molecule has 0 aliphatic rings. The van der Waals surface area contributed by atoms with Gasteiger partial charge < -0.3 is 4.74 Å². The molecule has 0 radical (unpaired) electrons. The van der Waals surface area contributed by atoms with E-state index < -0.39 is 5.54 Å². The van der Waals surface area contributed by atoms with Gasteiger partial charge in [0.15, 0.2) is 0 Å². The summed E-state index contributed by atoms with van der Waals surface area (Å²) in [4.78, 5) is 1.92. The molecule has 0 rings (SSSR count). The lowest BCUT2D eigenvalue weighted by atomic mass is 9.88. The van der Waals surface area contributed by atoms with E-state index in [1.54, 1.807) is 7.11 Å². The van der Waals surface area contributed by atoms with E-state index >= 15 is 0 Å². The summed E-state index contributed by atoms with van der Waals surface area (Å²) in [7, 11) is 5.50. The lowest BCUT2D eigenvalue weighted by Gasteiger charge is -2.36. The number of nitrogens with zero attached hydrogens (tertiary/aromatic N) is 2. The molecule has 0 aliphatic heterocycles. The normalized spacial score (nSPS) is 16.8. The highest BCUT2D eigenvalue weighted by Gasteiger charge is 2.34. The van der Waals surface area contributed by atoms with Crippen LogP contribution < -0.4 is 0 Å². The predicted molar refractivity (Wildman–Crippen MR) is 53.4 cm³/mol. The number of nitriles is 1. The summed E-state index contributed by atoms with van der Waals surface area (Å²) >= 11 is 0. The van der Waals surface area contributed by atoms with Gasteiger partial charge in [-0.1, -0.05) is 0 Å². The summed E-state index contributed by atoms with van der Waals surface area (Å²) in [6, 6.07) is 2.31. The average Bonchev–Trinajstić information content (AvgIpc) is 2.03. The van der Waals surface area contributed by atoms with Crippen molar-refractivity contribution in [1.29, 1.82) is 5.26 Å². The minimum Gasteiger partial charge on any atom is -0.379 e. The molecule has 1 atom stereocenters. The fraction of sp³-hybridized carbons (Fsp3) is 0.900. The summed E-state index contributed by atoms with van der Waals surface area (Å²) in [6.07, 6.45) is 0.694. The third kappa shape index (κ3) is 3.33. The molecule has 0 aromatic heterocycles. The number of ether oxygens (including phenoxy) is 1. The zero-order valence-corrected chi connectivity index (χ0v) is 9.51. The summed E-state index contributed by atoms with van der Waals surface area (Å²) in [5.74, 6) is 0. The van der Waals surface area contributed by atoms with Crippen molar-refractivity contribution in [1.82, 2.24) is 4.90 Å². The van der Waals surface area contributed by atoms with E-state index in [2.05, 4.69) is 6.07 Å². The van der Waals surface area contributed by atoms with Crippen molar-refractivity contribution in [3.05, 3.63) is 0 Å². The van der Waals surface area contributed by atoms with E-state index in [1.807, 2.05) is 39.8 Å². The smallest absolute Gasteiger partial charge is 0.108 e. The van der Waals surface area contributed by atoms with E-state index in [1.165, 1.54) is 0 Å². The Bertz CT molecular complexity index is 205. The second kappa shape index (κ2) is 4.08. The Kier molecular flexibility index (Phi) is 3.89. The third-order valence-electron chi connectivity index (χ3n) is 2.55. The van der Waals surface area contributed by atoms with Gasteiger partial charge >= 0.3 is 0 Å². The van der Waals surface area contributed by atoms with Gasteiger partial charge in [0, 0.05) is 13.5 Å². The number of hydrogen-bond donors (Lipinski definition) is 0. The molecule has 0 saturated heterocycles. The van der Waals surface area contributed by atoms with Gasteiger partial charge in [-0.25, -0.2) is 0 Å². The largest absolute Gasteiger partial charge is 0.379 e. The van der Waals surface area contributed by atoms with E-state index in [4.69, 9.17) is 10.00 Å². The van der Waals surface area contributed by atoms with Crippen LogP contribution in [-0.4, -0.2) is 37.2 Å². The molecule has 3 heteroatoms. The predicted octanol–water partition coefficient (Wildman–Crippen LogP) is 1.65. The molecule has 0 aromatic carbocycles. The van der Waals surface area contributed by atoms with Gasteiger partial charge in [0.25, 0.3) is 0 Å². The molecule has 0 amide bonds. The maximum absolute atomic E-state index is 9.07. The Morgan fingerprint density at radius 3 is 2.00 bits per heavy atom. The first kappa shape index (κ1) is 12.4. The fourth-order valence-corrected chi connectivity index (χ4v) is 1.20. The van der Waals surface area contributed by atoms with E-state index in [0.29, 0.717) is 6.42 Å². The highest BCUT2D eigenvalue weighted by molar-refractivity contribution is 5.06. The maximum Gasteiger partial charge on any atom is 0.108 e. The number of hydrogen-bond acceptors (Lipinski definition) is 3. The van der Waals surface area contributed by atoms with Gasteiger partial charge in [-0.05, 0) is 34.9 Å². The summed E-state index contributed by atoms with van der Waals surface area (Å²) in [6.45, 7) is 5.91. The van der Waals surface area contributed by atoms with Gasteiger partial charge in [0.2, 0.25) is 0 Å². The summed E-state index contributed by atoms with van der Waals surface area (Å²) < 4.78 is 5.31. The van der Waals surface area contributed by atoms with Crippen molar-refractivity contribution in [2.24, 2.45) is 0 Å². The minimum atomic E-state index is -0.459. The Labute approximate surface area is 81.3 Å². The lowest BCUT2D eigenvalue weighted by molar-refractivity contribution is -0.0129. The van der Waals surface area contributed by atoms with Gasteiger partial charge in [-0.3, -0.25) is 4.90 Å². The second-order valence-corrected chi connectivity index (χ2v) is 4.42. The first-order valence-corrected chi connectivity index (χ1v) is 4.41. The Morgan fingerprint density at radius 1 is 1.31 bits per heavy atom. The van der Waals surface area contributed by atoms with Gasteiger partial charge in [-0.15, -0.1) is 0 Å². The van der Waals surface area contributed by atoms with Crippen molar-refractivity contribution >= 4 is 0 Å². The van der Waals surface area contributed by atoms with Crippen LogP contribution in [0.4, 0.5) is 0 Å². The summed E-state index contributed by atoms with van der Waals surface area (Å²) in [5.41, 5.74) is -0.714. The van der Waals surface area contributed by atoms with Crippen LogP contribution in [0.3, 0.4) is 0 Å². The molecule has 1 unspecified atom stereocenters. The van der Waals surface area contributed by atoms with Crippen molar-refractivity contribution in [2.45, 2.75) is 38.3 Å². The van der Waals surface area contributed by atoms with Gasteiger partial charge in [0.1, 0.15) is 5.54 Å². The molecule has 0 aromatic rings.